The smallest absolute Gasteiger partial charge is 0.470 e. The Balaban J connectivity index is 2.53. The van der Waals surface area contributed by atoms with E-state index in [4.69, 9.17) is 11.6 Å². The Morgan fingerprint density at radius 1 is 1.10 bits per heavy atom. The predicted octanol–water partition coefficient (Wildman–Crippen LogP) is 3.59. The van der Waals surface area contributed by atoms with Crippen molar-refractivity contribution < 1.29 is 40.9 Å². The lowest BCUT2D eigenvalue weighted by molar-refractivity contribution is -0.334. The largest absolute Gasteiger partial charge is 0.504 e. The second kappa shape index (κ2) is 4.24. The van der Waals surface area contributed by atoms with Gasteiger partial charge in [0.25, 0.3) is 0 Å². The molecule has 0 fully saturated rings. The number of alkyl halides is 7. The minimum atomic E-state index is -5.58. The van der Waals surface area contributed by atoms with Crippen LogP contribution in [0, 0.1) is 0 Å². The number of benzene rings is 1. The van der Waals surface area contributed by atoms with Crippen LogP contribution in [0.15, 0.2) is 18.2 Å². The number of phenolic OH excluding ortho intramolecular Hbond substituents is 1. The van der Waals surface area contributed by atoms with Crippen LogP contribution in [0.5, 0.6) is 17.2 Å². The third kappa shape index (κ3) is 2.09. The quantitative estimate of drug-likeness (QED) is 0.634. The molecule has 1 aliphatic rings. The molecule has 2 unspecified atom stereocenters. The first-order valence-corrected chi connectivity index (χ1v) is 5.40. The highest BCUT2D eigenvalue weighted by molar-refractivity contribution is 6.22. The molecule has 0 aromatic heterocycles. The zero-order chi connectivity index (χ0) is 15.3. The number of para-hydroxylation sites is 1. The molecule has 0 amide bonds. The van der Waals surface area contributed by atoms with E-state index in [1.807, 2.05) is 0 Å². The van der Waals surface area contributed by atoms with E-state index in [1.54, 1.807) is 0 Å². The van der Waals surface area contributed by atoms with Crippen LogP contribution in [0.25, 0.3) is 0 Å². The van der Waals surface area contributed by atoms with Crippen LogP contribution in [0.4, 0.5) is 26.3 Å². The van der Waals surface area contributed by atoms with Crippen LogP contribution in [-0.2, 0) is 0 Å². The highest BCUT2D eigenvalue weighted by Crippen LogP contribution is 2.54. The second-order valence-corrected chi connectivity index (χ2v) is 4.31. The fourth-order valence-corrected chi connectivity index (χ4v) is 1.81. The van der Waals surface area contributed by atoms with E-state index in [0.717, 1.165) is 18.2 Å². The summed E-state index contributed by atoms with van der Waals surface area (Å²) in [4.78, 5) is 0. The molecule has 2 rings (SSSR count). The van der Waals surface area contributed by atoms with Crippen LogP contribution < -0.4 is 9.47 Å². The van der Waals surface area contributed by atoms with Gasteiger partial charge in [0.2, 0.25) is 11.1 Å². The van der Waals surface area contributed by atoms with Gasteiger partial charge in [0.15, 0.2) is 11.5 Å². The van der Waals surface area contributed by atoms with Crippen molar-refractivity contribution in [1.82, 2.24) is 0 Å². The Morgan fingerprint density at radius 3 is 2.15 bits per heavy atom. The number of ether oxygens (including phenoxy) is 2. The minimum Gasteiger partial charge on any atom is -0.504 e. The summed E-state index contributed by atoms with van der Waals surface area (Å²) in [6.45, 7) is 0. The monoisotopic (exact) mass is 322 g/mol. The molecule has 1 N–H and O–H groups in total. The average molecular weight is 323 g/mol. The lowest BCUT2D eigenvalue weighted by Gasteiger charge is -2.33. The van der Waals surface area contributed by atoms with Crippen LogP contribution in [0.1, 0.15) is 0 Å². The Labute approximate surface area is 112 Å². The molecule has 0 radical (unpaired) electrons. The van der Waals surface area contributed by atoms with Gasteiger partial charge in [-0.05, 0) is 12.1 Å². The highest BCUT2D eigenvalue weighted by atomic mass is 35.5. The molecule has 0 bridgehead atoms. The molecular formula is C10H5ClF6O3. The van der Waals surface area contributed by atoms with Gasteiger partial charge in [-0.25, -0.2) is 0 Å². The number of phenols is 1. The number of hydrogen-bond acceptors (Lipinski definition) is 3. The average Bonchev–Trinajstić information content (AvgIpc) is 2.68. The van der Waals surface area contributed by atoms with Crippen molar-refractivity contribution >= 4 is 11.6 Å². The van der Waals surface area contributed by atoms with E-state index in [-0.39, 0.29) is 0 Å². The van der Waals surface area contributed by atoms with E-state index < -0.39 is 40.8 Å². The molecule has 20 heavy (non-hydrogen) atoms. The first kappa shape index (κ1) is 14.9. The first-order valence-electron chi connectivity index (χ1n) is 4.96. The molecule has 2 atom stereocenters. The van der Waals surface area contributed by atoms with E-state index in [1.165, 1.54) is 0 Å². The van der Waals surface area contributed by atoms with E-state index in [2.05, 4.69) is 9.47 Å². The van der Waals surface area contributed by atoms with Gasteiger partial charge >= 0.3 is 18.1 Å². The zero-order valence-electron chi connectivity index (χ0n) is 9.22. The first-order chi connectivity index (χ1) is 8.99. The molecule has 1 aromatic carbocycles. The van der Waals surface area contributed by atoms with E-state index >= 15 is 0 Å². The molecule has 0 saturated heterocycles. The summed E-state index contributed by atoms with van der Waals surface area (Å²) in [5.74, 6) is -6.47. The van der Waals surface area contributed by atoms with Gasteiger partial charge in [-0.1, -0.05) is 6.07 Å². The van der Waals surface area contributed by atoms with Gasteiger partial charge in [-0.2, -0.15) is 26.3 Å². The number of hydrogen-bond donors (Lipinski definition) is 1. The molecule has 112 valence electrons. The topological polar surface area (TPSA) is 38.7 Å². The van der Waals surface area contributed by atoms with Gasteiger partial charge in [-0.3, -0.25) is 0 Å². The van der Waals surface area contributed by atoms with Gasteiger partial charge in [0, 0.05) is 0 Å². The molecule has 3 nitrogen and oxygen atoms in total. The number of aromatic hydroxyl groups is 1. The van der Waals surface area contributed by atoms with Gasteiger partial charge in [0.1, 0.15) is 0 Å². The number of halogens is 7. The predicted molar refractivity (Wildman–Crippen MR) is 53.8 cm³/mol. The molecule has 1 aliphatic heterocycles. The fourth-order valence-electron chi connectivity index (χ4n) is 1.60. The fraction of sp³-hybridized carbons (Fsp3) is 0.400. The van der Waals surface area contributed by atoms with Crippen molar-refractivity contribution in [2.45, 2.75) is 23.5 Å². The summed E-state index contributed by atoms with van der Waals surface area (Å²) >= 11 is 4.87. The molecule has 10 heteroatoms. The number of fused-ring (bicyclic) bond motifs is 1. The number of rotatable bonds is 1. The van der Waals surface area contributed by atoms with Crippen LogP contribution in [0.2, 0.25) is 0 Å². The highest BCUT2D eigenvalue weighted by Gasteiger charge is 2.74. The zero-order valence-corrected chi connectivity index (χ0v) is 9.97. The van der Waals surface area contributed by atoms with Crippen molar-refractivity contribution in [3.8, 4) is 17.2 Å². The van der Waals surface area contributed by atoms with Crippen molar-refractivity contribution in [3.05, 3.63) is 18.2 Å². The summed E-state index contributed by atoms with van der Waals surface area (Å²) in [5, 5.41) is 5.80. The Kier molecular flexibility index (Phi) is 3.16. The third-order valence-electron chi connectivity index (χ3n) is 2.49. The van der Waals surface area contributed by atoms with Crippen molar-refractivity contribution in [1.29, 1.82) is 0 Å². The lowest BCUT2D eigenvalue weighted by Crippen LogP contribution is -2.63. The normalized spacial score (nSPS) is 23.8. The Morgan fingerprint density at radius 2 is 1.70 bits per heavy atom. The molecule has 1 heterocycles. The van der Waals surface area contributed by atoms with Gasteiger partial charge < -0.3 is 14.6 Å². The maximum Gasteiger partial charge on any atom is 0.470 e. The van der Waals surface area contributed by atoms with E-state index in [0.29, 0.717) is 0 Å². The third-order valence-corrected chi connectivity index (χ3v) is 3.02. The van der Waals surface area contributed by atoms with Gasteiger partial charge in [-0.15, -0.1) is 11.6 Å². The molecule has 1 aromatic rings. The van der Waals surface area contributed by atoms with Gasteiger partial charge in [0.05, 0.1) is 0 Å². The minimum absolute atomic E-state index is 0.683. The summed E-state index contributed by atoms with van der Waals surface area (Å²) in [6, 6.07) is 2.94. The lowest BCUT2D eigenvalue weighted by atomic mass is 10.1. The summed E-state index contributed by atoms with van der Waals surface area (Å²) in [7, 11) is 0. The molecule has 0 aliphatic carbocycles. The Hall–Kier alpha value is -1.51. The van der Waals surface area contributed by atoms with Crippen LogP contribution >= 0.6 is 11.6 Å². The maximum absolute atomic E-state index is 13.0. The second-order valence-electron chi connectivity index (χ2n) is 3.88. The standard InChI is InChI=1S/C10H5ClF6O3/c11-7(9(12,13)14)8(10(15,16)17)19-5-3-1-2-4(18)6(5)20-8/h1-3,7,18H. The molecule has 0 spiro atoms. The SMILES string of the molecule is Oc1cccc2c1OC(C(Cl)C(F)(F)F)(C(F)(F)F)O2. The summed E-state index contributed by atoms with van der Waals surface area (Å²) < 4.78 is 85.1. The molecule has 0 saturated carbocycles. The van der Waals surface area contributed by atoms with Crippen molar-refractivity contribution in [3.63, 3.8) is 0 Å². The molecular weight excluding hydrogens is 318 g/mol. The maximum atomic E-state index is 13.0. The van der Waals surface area contributed by atoms with Crippen LogP contribution in [0.3, 0.4) is 0 Å². The van der Waals surface area contributed by atoms with Crippen LogP contribution in [-0.4, -0.2) is 28.6 Å². The summed E-state index contributed by atoms with van der Waals surface area (Å²) in [6.07, 6.45) is -11.0. The van der Waals surface area contributed by atoms with Crippen molar-refractivity contribution in [2.75, 3.05) is 0 Å². The van der Waals surface area contributed by atoms with E-state index in [9.17, 15) is 31.4 Å². The Bertz CT molecular complexity index is 529. The summed E-state index contributed by atoms with van der Waals surface area (Å²) in [5.41, 5.74) is 0. The van der Waals surface area contributed by atoms with Crippen molar-refractivity contribution in [2.24, 2.45) is 0 Å².